The number of anilines is 1. The topological polar surface area (TPSA) is 85.1 Å². The van der Waals surface area contributed by atoms with E-state index in [1.54, 1.807) is 6.92 Å². The summed E-state index contributed by atoms with van der Waals surface area (Å²) in [5.41, 5.74) is 5.82. The Kier molecular flexibility index (Phi) is 3.68. The summed E-state index contributed by atoms with van der Waals surface area (Å²) < 4.78 is 25.9. The lowest BCUT2D eigenvalue weighted by atomic mass is 10.5. The highest BCUT2D eigenvalue weighted by Crippen LogP contribution is 2.24. The molecule has 0 spiro atoms. The van der Waals surface area contributed by atoms with Crippen molar-refractivity contribution in [3.8, 4) is 12.3 Å². The Morgan fingerprint density at radius 3 is 2.80 bits per heavy atom. The summed E-state index contributed by atoms with van der Waals surface area (Å²) in [6.45, 7) is 1.82. The van der Waals surface area contributed by atoms with Crippen LogP contribution < -0.4 is 10.5 Å². The minimum Gasteiger partial charge on any atom is -0.375 e. The van der Waals surface area contributed by atoms with Crippen molar-refractivity contribution >= 4 is 26.5 Å². The summed E-state index contributed by atoms with van der Waals surface area (Å²) in [4.78, 5) is 3.84. The molecule has 0 fully saturated rings. The van der Waals surface area contributed by atoms with Crippen LogP contribution in [0.25, 0.3) is 0 Å². The molecule has 82 valence electrons. The second kappa shape index (κ2) is 4.61. The molecule has 0 saturated heterocycles. The standard InChI is InChI=1S/C8H11N3O2S2/c1-3-4-5-10-15(12,13)7-6(2)11-8(9)14-7/h1,10H,4-5H2,2H3,(H2,9,11). The zero-order chi connectivity index (χ0) is 11.5. The fraction of sp³-hybridized carbons (Fsp3) is 0.375. The number of terminal acetylenes is 1. The lowest BCUT2D eigenvalue weighted by Gasteiger charge is -2.02. The first-order chi connectivity index (χ1) is 6.97. The molecule has 5 nitrogen and oxygen atoms in total. The van der Waals surface area contributed by atoms with Gasteiger partial charge in [0.25, 0.3) is 10.0 Å². The van der Waals surface area contributed by atoms with Gasteiger partial charge < -0.3 is 5.73 Å². The molecule has 0 aliphatic heterocycles. The number of aryl methyl sites for hydroxylation is 1. The number of thiazole rings is 1. The van der Waals surface area contributed by atoms with Crippen molar-refractivity contribution < 1.29 is 8.42 Å². The van der Waals surface area contributed by atoms with Crippen molar-refractivity contribution in [3.05, 3.63) is 5.69 Å². The molecule has 0 aromatic carbocycles. The van der Waals surface area contributed by atoms with Gasteiger partial charge in [-0.15, -0.1) is 12.3 Å². The summed E-state index contributed by atoms with van der Waals surface area (Å²) in [7, 11) is -3.51. The first-order valence-electron chi connectivity index (χ1n) is 4.13. The number of nitrogen functional groups attached to an aromatic ring is 1. The van der Waals surface area contributed by atoms with Gasteiger partial charge in [-0.1, -0.05) is 11.3 Å². The average Bonchev–Trinajstić information content (AvgIpc) is 2.46. The normalized spacial score (nSPS) is 11.2. The van der Waals surface area contributed by atoms with Gasteiger partial charge in [0, 0.05) is 13.0 Å². The van der Waals surface area contributed by atoms with Crippen molar-refractivity contribution in [1.29, 1.82) is 0 Å². The van der Waals surface area contributed by atoms with Gasteiger partial charge in [-0.05, 0) is 6.92 Å². The third-order valence-electron chi connectivity index (χ3n) is 1.58. The Morgan fingerprint density at radius 1 is 1.67 bits per heavy atom. The molecular weight excluding hydrogens is 234 g/mol. The molecule has 0 aliphatic rings. The molecule has 0 bridgehead atoms. The van der Waals surface area contributed by atoms with Crippen LogP contribution >= 0.6 is 11.3 Å². The highest BCUT2D eigenvalue weighted by atomic mass is 32.2. The fourth-order valence-electron chi connectivity index (χ4n) is 0.975. The molecule has 1 heterocycles. The van der Waals surface area contributed by atoms with E-state index in [4.69, 9.17) is 12.2 Å². The van der Waals surface area contributed by atoms with Gasteiger partial charge in [0.05, 0.1) is 5.69 Å². The van der Waals surface area contributed by atoms with E-state index >= 15 is 0 Å². The van der Waals surface area contributed by atoms with Crippen LogP contribution in [0.5, 0.6) is 0 Å². The summed E-state index contributed by atoms with van der Waals surface area (Å²) >= 11 is 0.944. The van der Waals surface area contributed by atoms with E-state index in [0.717, 1.165) is 11.3 Å². The second-order valence-electron chi connectivity index (χ2n) is 2.78. The van der Waals surface area contributed by atoms with Crippen LogP contribution in [0.15, 0.2) is 4.21 Å². The van der Waals surface area contributed by atoms with Crippen molar-refractivity contribution in [1.82, 2.24) is 9.71 Å². The number of nitrogens with two attached hydrogens (primary N) is 1. The highest BCUT2D eigenvalue weighted by molar-refractivity contribution is 7.91. The minimum absolute atomic E-state index is 0.150. The quantitative estimate of drug-likeness (QED) is 0.591. The fourth-order valence-corrected chi connectivity index (χ4v) is 3.35. The van der Waals surface area contributed by atoms with Crippen LogP contribution in [0.2, 0.25) is 0 Å². The van der Waals surface area contributed by atoms with E-state index in [-0.39, 0.29) is 15.9 Å². The molecule has 7 heteroatoms. The van der Waals surface area contributed by atoms with E-state index in [1.807, 2.05) is 0 Å². The lowest BCUT2D eigenvalue weighted by Crippen LogP contribution is -2.24. The number of hydrogen-bond acceptors (Lipinski definition) is 5. The Morgan fingerprint density at radius 2 is 2.33 bits per heavy atom. The van der Waals surface area contributed by atoms with Gasteiger partial charge in [-0.25, -0.2) is 18.1 Å². The molecule has 0 aliphatic carbocycles. The van der Waals surface area contributed by atoms with Crippen LogP contribution in [0.1, 0.15) is 12.1 Å². The van der Waals surface area contributed by atoms with Crippen molar-refractivity contribution in [2.45, 2.75) is 17.6 Å². The van der Waals surface area contributed by atoms with Crippen molar-refractivity contribution in [2.24, 2.45) is 0 Å². The number of aromatic nitrogens is 1. The molecule has 1 aromatic rings. The largest absolute Gasteiger partial charge is 0.375 e. The molecule has 0 amide bonds. The molecule has 0 atom stereocenters. The first kappa shape index (κ1) is 12.0. The maximum Gasteiger partial charge on any atom is 0.252 e. The number of sulfonamides is 1. The SMILES string of the molecule is C#CCCNS(=O)(=O)c1sc(N)nc1C. The van der Waals surface area contributed by atoms with Gasteiger partial charge >= 0.3 is 0 Å². The smallest absolute Gasteiger partial charge is 0.252 e. The molecule has 0 saturated carbocycles. The molecule has 1 aromatic heterocycles. The van der Waals surface area contributed by atoms with Crippen LogP contribution in [0.4, 0.5) is 5.13 Å². The summed E-state index contributed by atoms with van der Waals surface area (Å²) in [5.74, 6) is 2.35. The van der Waals surface area contributed by atoms with Crippen LogP contribution in [-0.2, 0) is 10.0 Å². The zero-order valence-corrected chi connectivity index (χ0v) is 9.78. The predicted octanol–water partition coefficient (Wildman–Crippen LogP) is 0.335. The summed E-state index contributed by atoms with van der Waals surface area (Å²) in [6.07, 6.45) is 5.37. The van der Waals surface area contributed by atoms with E-state index in [0.29, 0.717) is 12.1 Å². The molecule has 1 rings (SSSR count). The number of hydrogen-bond donors (Lipinski definition) is 2. The van der Waals surface area contributed by atoms with Gasteiger partial charge in [-0.2, -0.15) is 0 Å². The van der Waals surface area contributed by atoms with Crippen LogP contribution in [-0.4, -0.2) is 19.9 Å². The maximum atomic E-state index is 11.7. The molecule has 3 N–H and O–H groups in total. The lowest BCUT2D eigenvalue weighted by molar-refractivity contribution is 0.584. The van der Waals surface area contributed by atoms with Gasteiger partial charge in [-0.3, -0.25) is 0 Å². The maximum absolute atomic E-state index is 11.7. The first-order valence-corrected chi connectivity index (χ1v) is 6.43. The number of rotatable bonds is 4. The Balaban J connectivity index is 2.87. The van der Waals surface area contributed by atoms with Crippen LogP contribution in [0.3, 0.4) is 0 Å². The van der Waals surface area contributed by atoms with Gasteiger partial charge in [0.2, 0.25) is 0 Å². The molecule has 0 unspecified atom stereocenters. The van der Waals surface area contributed by atoms with Gasteiger partial charge in [0.15, 0.2) is 9.34 Å². The Labute approximate surface area is 92.8 Å². The monoisotopic (exact) mass is 245 g/mol. The van der Waals surface area contributed by atoms with Crippen molar-refractivity contribution in [3.63, 3.8) is 0 Å². The predicted molar refractivity (Wildman–Crippen MR) is 59.9 cm³/mol. The number of nitrogens with one attached hydrogen (secondary N) is 1. The summed E-state index contributed by atoms with van der Waals surface area (Å²) in [6, 6.07) is 0. The van der Waals surface area contributed by atoms with E-state index in [9.17, 15) is 8.42 Å². The second-order valence-corrected chi connectivity index (χ2v) is 5.77. The third-order valence-corrected chi connectivity index (χ3v) is 4.63. The zero-order valence-electron chi connectivity index (χ0n) is 8.15. The molecule has 15 heavy (non-hydrogen) atoms. The van der Waals surface area contributed by atoms with E-state index in [1.165, 1.54) is 0 Å². The average molecular weight is 245 g/mol. The minimum atomic E-state index is -3.51. The Hall–Kier alpha value is -1.10. The molecular formula is C8H11N3O2S2. The molecule has 0 radical (unpaired) electrons. The summed E-state index contributed by atoms with van der Waals surface area (Å²) in [5, 5.41) is 0.241. The van der Waals surface area contributed by atoms with Crippen molar-refractivity contribution in [2.75, 3.05) is 12.3 Å². The van der Waals surface area contributed by atoms with E-state index in [2.05, 4.69) is 15.6 Å². The Bertz CT molecular complexity index is 484. The number of nitrogens with zero attached hydrogens (tertiary/aromatic N) is 1. The highest BCUT2D eigenvalue weighted by Gasteiger charge is 2.20. The van der Waals surface area contributed by atoms with Gasteiger partial charge in [0.1, 0.15) is 0 Å². The van der Waals surface area contributed by atoms with E-state index < -0.39 is 10.0 Å². The van der Waals surface area contributed by atoms with Crippen LogP contribution in [0, 0.1) is 19.3 Å². The third kappa shape index (κ3) is 2.92.